The number of hydrogen-bond acceptors (Lipinski definition) is 3. The highest BCUT2D eigenvalue weighted by molar-refractivity contribution is 7.09. The van der Waals surface area contributed by atoms with Crippen molar-refractivity contribution >= 4 is 17.3 Å². The minimum atomic E-state index is 0.135. The van der Waals surface area contributed by atoms with E-state index in [1.807, 2.05) is 19.2 Å². The van der Waals surface area contributed by atoms with Gasteiger partial charge in [-0.25, -0.2) is 4.98 Å². The molecule has 0 amide bonds. The van der Waals surface area contributed by atoms with E-state index in [9.17, 15) is 0 Å². The Morgan fingerprint density at radius 1 is 1.85 bits per heavy atom. The van der Waals surface area contributed by atoms with Gasteiger partial charge in [-0.2, -0.15) is 0 Å². The molecule has 0 aliphatic carbocycles. The first-order chi connectivity index (χ1) is 6.24. The third kappa shape index (κ3) is 3.02. The monoisotopic (exact) mass is 198 g/mol. The summed E-state index contributed by atoms with van der Waals surface area (Å²) in [5.41, 5.74) is 5.61. The molecule has 0 radical (unpaired) electrons. The van der Waals surface area contributed by atoms with E-state index in [2.05, 4.69) is 15.3 Å². The van der Waals surface area contributed by atoms with Crippen LogP contribution >= 0.6 is 11.3 Å². The predicted octanol–water partition coefficient (Wildman–Crippen LogP) is 1.13. The molecule has 0 saturated carbocycles. The number of hydrogen-bond donors (Lipinski definition) is 2. The van der Waals surface area contributed by atoms with Gasteiger partial charge in [0.1, 0.15) is 5.01 Å². The molecule has 5 heteroatoms. The smallest absolute Gasteiger partial charge is 0.189 e. The average molecular weight is 198 g/mol. The maximum atomic E-state index is 5.61. The highest BCUT2D eigenvalue weighted by atomic mass is 32.1. The van der Waals surface area contributed by atoms with Crippen LogP contribution in [0.1, 0.15) is 24.9 Å². The Morgan fingerprint density at radius 3 is 3.15 bits per heavy atom. The van der Waals surface area contributed by atoms with Crippen LogP contribution in [-0.4, -0.2) is 17.5 Å². The summed E-state index contributed by atoms with van der Waals surface area (Å²) in [7, 11) is 0. The summed E-state index contributed by atoms with van der Waals surface area (Å²) >= 11 is 1.61. The molecule has 0 aliphatic rings. The van der Waals surface area contributed by atoms with Crippen molar-refractivity contribution in [2.75, 3.05) is 6.54 Å². The fourth-order valence-corrected chi connectivity index (χ4v) is 1.59. The molecule has 13 heavy (non-hydrogen) atoms. The van der Waals surface area contributed by atoms with Crippen LogP contribution in [0.4, 0.5) is 0 Å². The molecule has 1 heterocycles. The molecular formula is C8H14N4S. The molecule has 3 N–H and O–H groups in total. The molecule has 1 aromatic rings. The largest absolute Gasteiger partial charge is 0.370 e. The van der Waals surface area contributed by atoms with Crippen molar-refractivity contribution in [3.05, 3.63) is 16.6 Å². The molecule has 0 bridgehead atoms. The second-order valence-electron chi connectivity index (χ2n) is 2.60. The van der Waals surface area contributed by atoms with E-state index in [4.69, 9.17) is 5.73 Å². The van der Waals surface area contributed by atoms with Gasteiger partial charge in [0.05, 0.1) is 6.04 Å². The lowest BCUT2D eigenvalue weighted by molar-refractivity contribution is 0.702. The highest BCUT2D eigenvalue weighted by Crippen LogP contribution is 2.13. The zero-order chi connectivity index (χ0) is 9.68. The van der Waals surface area contributed by atoms with Crippen LogP contribution in [0.2, 0.25) is 0 Å². The minimum absolute atomic E-state index is 0.135. The minimum Gasteiger partial charge on any atom is -0.370 e. The van der Waals surface area contributed by atoms with Gasteiger partial charge in [0, 0.05) is 18.1 Å². The summed E-state index contributed by atoms with van der Waals surface area (Å²) in [5.74, 6) is 0.477. The lowest BCUT2D eigenvalue weighted by Gasteiger charge is -2.10. The molecule has 1 rings (SSSR count). The van der Waals surface area contributed by atoms with Crippen LogP contribution in [0, 0.1) is 0 Å². The zero-order valence-electron chi connectivity index (χ0n) is 7.82. The van der Waals surface area contributed by atoms with Crippen molar-refractivity contribution in [3.63, 3.8) is 0 Å². The lowest BCUT2D eigenvalue weighted by Crippen LogP contribution is -2.33. The van der Waals surface area contributed by atoms with Crippen LogP contribution in [0.3, 0.4) is 0 Å². The van der Waals surface area contributed by atoms with Crippen molar-refractivity contribution < 1.29 is 0 Å². The third-order valence-electron chi connectivity index (χ3n) is 1.51. The van der Waals surface area contributed by atoms with Crippen LogP contribution in [0.15, 0.2) is 16.6 Å². The first-order valence-corrected chi connectivity index (χ1v) is 5.07. The van der Waals surface area contributed by atoms with Crippen molar-refractivity contribution in [1.29, 1.82) is 0 Å². The molecule has 1 atom stereocenters. The number of nitrogens with one attached hydrogen (secondary N) is 1. The molecule has 0 fully saturated rings. The number of thiazole rings is 1. The van der Waals surface area contributed by atoms with Gasteiger partial charge >= 0.3 is 0 Å². The van der Waals surface area contributed by atoms with Crippen molar-refractivity contribution in [2.45, 2.75) is 19.9 Å². The van der Waals surface area contributed by atoms with Gasteiger partial charge in [0.25, 0.3) is 0 Å². The predicted molar refractivity (Wildman–Crippen MR) is 55.8 cm³/mol. The van der Waals surface area contributed by atoms with Gasteiger partial charge in [-0.15, -0.1) is 11.3 Å². The van der Waals surface area contributed by atoms with E-state index < -0.39 is 0 Å². The number of nitrogens with zero attached hydrogens (tertiary/aromatic N) is 2. The summed E-state index contributed by atoms with van der Waals surface area (Å²) in [6, 6.07) is 0.135. The first-order valence-electron chi connectivity index (χ1n) is 4.20. The topological polar surface area (TPSA) is 63.3 Å². The Morgan fingerprint density at radius 2 is 2.62 bits per heavy atom. The maximum Gasteiger partial charge on any atom is 0.189 e. The Balaban J connectivity index is 2.51. The van der Waals surface area contributed by atoms with E-state index in [1.54, 1.807) is 17.5 Å². The van der Waals surface area contributed by atoms with Crippen LogP contribution in [-0.2, 0) is 0 Å². The van der Waals surface area contributed by atoms with Gasteiger partial charge in [-0.3, -0.25) is 4.99 Å². The molecule has 72 valence electrons. The summed E-state index contributed by atoms with van der Waals surface area (Å²) in [6.45, 7) is 4.66. The fourth-order valence-electron chi connectivity index (χ4n) is 0.948. The maximum absolute atomic E-state index is 5.61. The van der Waals surface area contributed by atoms with E-state index in [0.29, 0.717) is 12.5 Å². The van der Waals surface area contributed by atoms with Crippen LogP contribution < -0.4 is 11.1 Å². The molecule has 0 saturated heterocycles. The number of aliphatic imine (C=N–C) groups is 1. The molecular weight excluding hydrogens is 184 g/mol. The quantitative estimate of drug-likeness (QED) is 0.565. The standard InChI is InChI=1S/C8H14N4S/c1-3-10-8(9)12-6(2)7-11-4-5-13-7/h4-6H,3H2,1-2H3,(H3,9,10,12). The van der Waals surface area contributed by atoms with Crippen molar-refractivity contribution in [3.8, 4) is 0 Å². The molecule has 4 nitrogen and oxygen atoms in total. The van der Waals surface area contributed by atoms with E-state index in [1.165, 1.54) is 0 Å². The molecule has 0 aliphatic heterocycles. The second-order valence-corrected chi connectivity index (χ2v) is 3.52. The third-order valence-corrected chi connectivity index (χ3v) is 2.47. The first kappa shape index (κ1) is 9.98. The van der Waals surface area contributed by atoms with Gasteiger partial charge in [0.2, 0.25) is 0 Å². The summed E-state index contributed by atoms with van der Waals surface area (Å²) in [4.78, 5) is 8.21. The highest BCUT2D eigenvalue weighted by Gasteiger charge is 2.07. The summed E-state index contributed by atoms with van der Waals surface area (Å²) in [6.07, 6.45) is 1.78. The van der Waals surface area contributed by atoms with E-state index in [-0.39, 0.29) is 6.04 Å². The molecule has 0 spiro atoms. The summed E-state index contributed by atoms with van der Waals surface area (Å²) < 4.78 is 0. The van der Waals surface area contributed by atoms with Gasteiger partial charge < -0.3 is 11.1 Å². The van der Waals surface area contributed by atoms with E-state index >= 15 is 0 Å². The van der Waals surface area contributed by atoms with E-state index in [0.717, 1.165) is 5.01 Å². The summed E-state index contributed by atoms with van der Waals surface area (Å²) in [5, 5.41) is 6.03. The van der Waals surface area contributed by atoms with Crippen LogP contribution in [0.5, 0.6) is 0 Å². The lowest BCUT2D eigenvalue weighted by atomic mass is 10.4. The number of aromatic nitrogens is 1. The van der Waals surface area contributed by atoms with Crippen molar-refractivity contribution in [2.24, 2.45) is 10.7 Å². The number of rotatable bonds is 3. The Labute approximate surface area is 81.9 Å². The molecule has 1 unspecified atom stereocenters. The Kier molecular flexibility index (Phi) is 3.70. The SMILES string of the molecule is CCN=C(N)NC(C)c1nccs1. The Hall–Kier alpha value is -1.10. The fraction of sp³-hybridized carbons (Fsp3) is 0.500. The average Bonchev–Trinajstić information content (AvgIpc) is 2.55. The molecule has 0 aromatic carbocycles. The Bertz CT molecular complexity index is 268. The normalized spacial score (nSPS) is 14.2. The zero-order valence-corrected chi connectivity index (χ0v) is 8.64. The second kappa shape index (κ2) is 4.81. The van der Waals surface area contributed by atoms with Crippen molar-refractivity contribution in [1.82, 2.24) is 10.3 Å². The number of guanidine groups is 1. The van der Waals surface area contributed by atoms with Gasteiger partial charge in [-0.1, -0.05) is 0 Å². The van der Waals surface area contributed by atoms with Gasteiger partial charge in [-0.05, 0) is 13.8 Å². The van der Waals surface area contributed by atoms with Crippen LogP contribution in [0.25, 0.3) is 0 Å². The van der Waals surface area contributed by atoms with Gasteiger partial charge in [0.15, 0.2) is 5.96 Å². The number of nitrogens with two attached hydrogens (primary N) is 1. The molecule has 1 aromatic heterocycles.